The number of allylic oxidation sites excluding steroid dienone is 1. The minimum absolute atomic E-state index is 0.0322. The molecule has 0 saturated carbocycles. The van der Waals surface area contributed by atoms with Gasteiger partial charge in [-0.1, -0.05) is 6.07 Å². The van der Waals surface area contributed by atoms with Gasteiger partial charge in [-0.05, 0) is 18.4 Å². The molecule has 0 fully saturated rings. The Kier molecular flexibility index (Phi) is 4.20. The van der Waals surface area contributed by atoms with Crippen LogP contribution < -0.4 is 10.6 Å². The molecule has 10 heteroatoms. The lowest BCUT2D eigenvalue weighted by atomic mass is 9.89. The summed E-state index contributed by atoms with van der Waals surface area (Å²) in [5.41, 5.74) is -4.81. The Bertz CT molecular complexity index is 697. The summed E-state index contributed by atoms with van der Waals surface area (Å²) in [5, 5.41) is 5.09. The first-order valence-electron chi connectivity index (χ1n) is 6.19. The van der Waals surface area contributed by atoms with Gasteiger partial charge in [0, 0.05) is 5.70 Å². The largest absolute Gasteiger partial charge is 0.466 e. The van der Waals surface area contributed by atoms with E-state index in [-0.39, 0.29) is 10.6 Å². The molecule has 0 bridgehead atoms. The Balaban J connectivity index is 2.57. The van der Waals surface area contributed by atoms with Gasteiger partial charge in [0.2, 0.25) is 5.54 Å². The van der Waals surface area contributed by atoms with E-state index in [1.165, 1.54) is 17.5 Å². The number of carbonyl (C=O) groups excluding carboxylic acids is 3. The third-order valence-electron chi connectivity index (χ3n) is 3.25. The highest BCUT2D eigenvalue weighted by Crippen LogP contribution is 2.41. The average molecular weight is 348 g/mol. The van der Waals surface area contributed by atoms with E-state index in [9.17, 15) is 27.6 Å². The highest BCUT2D eigenvalue weighted by molar-refractivity contribution is 7.12. The maximum absolute atomic E-state index is 13.7. The Hall–Kier alpha value is -2.36. The van der Waals surface area contributed by atoms with Crippen LogP contribution in [0, 0.1) is 0 Å². The van der Waals surface area contributed by atoms with E-state index < -0.39 is 35.1 Å². The van der Waals surface area contributed by atoms with Crippen LogP contribution >= 0.6 is 11.3 Å². The molecule has 1 aliphatic rings. The van der Waals surface area contributed by atoms with Crippen LogP contribution in [0.2, 0.25) is 0 Å². The van der Waals surface area contributed by atoms with Gasteiger partial charge in [0.1, 0.15) is 5.57 Å². The molecule has 124 valence electrons. The van der Waals surface area contributed by atoms with Crippen LogP contribution in [0.3, 0.4) is 0 Å². The molecule has 2 heterocycles. The zero-order chi connectivity index (χ0) is 17.4. The molecule has 0 radical (unpaired) electrons. The van der Waals surface area contributed by atoms with E-state index in [1.807, 2.05) is 5.32 Å². The van der Waals surface area contributed by atoms with Crippen molar-refractivity contribution in [3.8, 4) is 0 Å². The minimum atomic E-state index is -5.24. The first-order chi connectivity index (χ1) is 10.6. The molecule has 0 unspecified atom stereocenters. The third-order valence-corrected chi connectivity index (χ3v) is 4.12. The van der Waals surface area contributed by atoms with E-state index in [0.29, 0.717) is 0 Å². The number of amides is 2. The molecule has 2 N–H and O–H groups in total. The zero-order valence-electron chi connectivity index (χ0n) is 11.9. The van der Waals surface area contributed by atoms with Gasteiger partial charge in [-0.25, -0.2) is 4.79 Å². The molecule has 6 nitrogen and oxygen atoms in total. The fourth-order valence-electron chi connectivity index (χ4n) is 2.23. The summed E-state index contributed by atoms with van der Waals surface area (Å²) < 4.78 is 45.4. The molecular weight excluding hydrogens is 337 g/mol. The number of methoxy groups -OCH3 is 1. The molecule has 1 atom stereocenters. The predicted octanol–water partition coefficient (Wildman–Crippen LogP) is 1.36. The Labute approximate surface area is 132 Å². The first kappa shape index (κ1) is 17.0. The normalized spacial score (nSPS) is 21.2. The van der Waals surface area contributed by atoms with Gasteiger partial charge in [0.25, 0.3) is 11.8 Å². The summed E-state index contributed by atoms with van der Waals surface area (Å²) in [6.07, 6.45) is -5.24. The highest BCUT2D eigenvalue weighted by Gasteiger charge is 2.69. The van der Waals surface area contributed by atoms with Gasteiger partial charge in [0.05, 0.1) is 12.0 Å². The lowest BCUT2D eigenvalue weighted by Gasteiger charge is -2.31. The lowest BCUT2D eigenvalue weighted by Crippen LogP contribution is -2.65. The number of ether oxygens (including phenoxy) is 1. The lowest BCUT2D eigenvalue weighted by molar-refractivity contribution is -0.188. The van der Waals surface area contributed by atoms with Crippen LogP contribution in [0.5, 0.6) is 0 Å². The van der Waals surface area contributed by atoms with Gasteiger partial charge < -0.3 is 15.4 Å². The smallest absolute Gasteiger partial charge is 0.425 e. The summed E-state index contributed by atoms with van der Waals surface area (Å²) in [6.45, 7) is 1.12. The second-order valence-corrected chi connectivity index (χ2v) is 5.57. The topological polar surface area (TPSA) is 84.5 Å². The molecule has 1 aliphatic heterocycles. The van der Waals surface area contributed by atoms with Crippen molar-refractivity contribution in [2.45, 2.75) is 18.6 Å². The summed E-state index contributed by atoms with van der Waals surface area (Å²) in [7, 11) is 0.883. The van der Waals surface area contributed by atoms with Crippen LogP contribution in [0.1, 0.15) is 16.6 Å². The van der Waals surface area contributed by atoms with Crippen molar-refractivity contribution < 1.29 is 32.3 Å². The van der Waals surface area contributed by atoms with E-state index in [4.69, 9.17) is 0 Å². The van der Waals surface area contributed by atoms with Gasteiger partial charge in [-0.3, -0.25) is 9.59 Å². The molecule has 2 rings (SSSR count). The molecule has 23 heavy (non-hydrogen) atoms. The van der Waals surface area contributed by atoms with Crippen molar-refractivity contribution in [1.82, 2.24) is 10.6 Å². The maximum atomic E-state index is 13.7. The average Bonchev–Trinajstić information content (AvgIpc) is 3.05. The second-order valence-electron chi connectivity index (χ2n) is 4.62. The number of thiophene rings is 1. The Morgan fingerprint density at radius 2 is 2.04 bits per heavy atom. The molecule has 0 aliphatic carbocycles. The number of rotatable bonds is 3. The highest BCUT2D eigenvalue weighted by atomic mass is 32.1. The van der Waals surface area contributed by atoms with E-state index >= 15 is 0 Å². The molecule has 0 spiro atoms. The molecule has 0 aromatic carbocycles. The molecule has 1 aromatic rings. The SMILES string of the molecule is COC(=O)C1=C(C)NC(=O)[C@@]1(NC(=O)c1cccs1)C(F)(F)F. The van der Waals surface area contributed by atoms with Crippen LogP contribution in [0.25, 0.3) is 0 Å². The first-order valence-corrected chi connectivity index (χ1v) is 7.07. The fourth-order valence-corrected chi connectivity index (χ4v) is 2.85. The summed E-state index contributed by atoms with van der Waals surface area (Å²) >= 11 is 0.898. The van der Waals surface area contributed by atoms with Crippen LogP contribution in [-0.2, 0) is 14.3 Å². The molecule has 0 saturated heterocycles. The standard InChI is InChI=1S/C13H11F3N2O4S/c1-6-8(10(20)22-2)12(11(21)17-6,13(14,15)16)18-9(19)7-4-3-5-23-7/h3-5H,1-2H3,(H,17,21)(H,18,19)/t12-/m1/s1. The van der Waals surface area contributed by atoms with Gasteiger partial charge >= 0.3 is 12.1 Å². The van der Waals surface area contributed by atoms with Crippen molar-refractivity contribution in [3.05, 3.63) is 33.7 Å². The number of carbonyl (C=O) groups is 3. The summed E-state index contributed by atoms with van der Waals surface area (Å²) in [6, 6.07) is 2.77. The Morgan fingerprint density at radius 1 is 1.39 bits per heavy atom. The summed E-state index contributed by atoms with van der Waals surface area (Å²) in [4.78, 5) is 35.8. The maximum Gasteiger partial charge on any atom is 0.425 e. The van der Waals surface area contributed by atoms with Gasteiger partial charge in [-0.15, -0.1) is 11.3 Å². The molecule has 2 amide bonds. The van der Waals surface area contributed by atoms with Crippen LogP contribution in [0.15, 0.2) is 28.8 Å². The minimum Gasteiger partial charge on any atom is -0.466 e. The third kappa shape index (κ3) is 2.58. The van der Waals surface area contributed by atoms with E-state index in [2.05, 4.69) is 4.74 Å². The van der Waals surface area contributed by atoms with Crippen molar-refractivity contribution in [3.63, 3.8) is 0 Å². The predicted molar refractivity (Wildman–Crippen MR) is 73.4 cm³/mol. The number of halogens is 3. The van der Waals surface area contributed by atoms with Crippen LogP contribution in [-0.4, -0.2) is 36.6 Å². The number of hydrogen-bond donors (Lipinski definition) is 2. The number of hydrogen-bond acceptors (Lipinski definition) is 5. The van der Waals surface area contributed by atoms with E-state index in [1.54, 1.807) is 5.32 Å². The van der Waals surface area contributed by atoms with Gasteiger partial charge in [0.15, 0.2) is 0 Å². The van der Waals surface area contributed by atoms with Crippen molar-refractivity contribution in [1.29, 1.82) is 0 Å². The van der Waals surface area contributed by atoms with Gasteiger partial charge in [-0.2, -0.15) is 13.2 Å². The van der Waals surface area contributed by atoms with Crippen molar-refractivity contribution in [2.75, 3.05) is 7.11 Å². The molecular formula is C13H11F3N2O4S. The monoisotopic (exact) mass is 348 g/mol. The molecule has 1 aromatic heterocycles. The zero-order valence-corrected chi connectivity index (χ0v) is 12.7. The quantitative estimate of drug-likeness (QED) is 0.808. The second kappa shape index (κ2) is 5.69. The van der Waals surface area contributed by atoms with Crippen molar-refractivity contribution in [2.24, 2.45) is 0 Å². The van der Waals surface area contributed by atoms with Crippen molar-refractivity contribution >= 4 is 29.1 Å². The number of nitrogens with one attached hydrogen (secondary N) is 2. The Morgan fingerprint density at radius 3 is 2.52 bits per heavy atom. The fraction of sp³-hybridized carbons (Fsp3) is 0.308. The summed E-state index contributed by atoms with van der Waals surface area (Å²) in [5.74, 6) is -4.04. The number of esters is 1. The van der Waals surface area contributed by atoms with E-state index in [0.717, 1.165) is 25.4 Å². The number of alkyl halides is 3. The van der Waals surface area contributed by atoms with Crippen LogP contribution in [0.4, 0.5) is 13.2 Å².